The second kappa shape index (κ2) is 7.36. The highest BCUT2D eigenvalue weighted by Gasteiger charge is 2.16. The number of aromatic nitrogens is 3. The van der Waals surface area contributed by atoms with Gasteiger partial charge < -0.3 is 4.74 Å². The van der Waals surface area contributed by atoms with Crippen molar-refractivity contribution in [2.24, 2.45) is 0 Å². The fraction of sp³-hybridized carbons (Fsp3) is 0.143. The lowest BCUT2D eigenvalue weighted by molar-refractivity contribution is -0.131. The Bertz CT molecular complexity index is 1270. The molecule has 2 aromatic carbocycles. The second-order valence-corrected chi connectivity index (χ2v) is 7.24. The van der Waals surface area contributed by atoms with Crippen LogP contribution < -0.4 is 14.8 Å². The van der Waals surface area contributed by atoms with Gasteiger partial charge >= 0.3 is 5.97 Å². The van der Waals surface area contributed by atoms with Crippen molar-refractivity contribution in [3.63, 3.8) is 0 Å². The molecule has 0 aliphatic heterocycles. The minimum atomic E-state index is -0.427. The molecule has 0 spiro atoms. The molecule has 0 aliphatic carbocycles. The summed E-state index contributed by atoms with van der Waals surface area (Å²) in [5.74, 6) is 0.284. The number of para-hydroxylation sites is 1. The molecule has 0 amide bonds. The largest absolute Gasteiger partial charge is 0.426 e. The molecule has 6 nitrogen and oxygen atoms in total. The summed E-state index contributed by atoms with van der Waals surface area (Å²) in [7, 11) is 0. The number of fused-ring (bicyclic) bond motifs is 1. The molecule has 0 saturated heterocycles. The summed E-state index contributed by atoms with van der Waals surface area (Å²) in [5.41, 5.74) is 2.55. The number of nitrogens with zero attached hydrogens (tertiary/aromatic N) is 3. The molecule has 28 heavy (non-hydrogen) atoms. The average molecular weight is 391 g/mol. The molecule has 0 saturated carbocycles. The zero-order chi connectivity index (χ0) is 19.7. The van der Waals surface area contributed by atoms with Crippen LogP contribution in [-0.2, 0) is 11.2 Å². The van der Waals surface area contributed by atoms with Crippen LogP contribution in [-0.4, -0.2) is 20.6 Å². The highest BCUT2D eigenvalue weighted by atomic mass is 32.1. The molecule has 2 heterocycles. The minimum Gasteiger partial charge on any atom is -0.426 e. The Morgan fingerprint density at radius 2 is 1.93 bits per heavy atom. The topological polar surface area (TPSA) is 73.6 Å². The Kier molecular flexibility index (Phi) is 4.75. The minimum absolute atomic E-state index is 0.219. The quantitative estimate of drug-likeness (QED) is 0.395. The van der Waals surface area contributed by atoms with Crippen molar-refractivity contribution in [3.8, 4) is 17.1 Å². The number of carbonyl (C=O) groups is 1. The van der Waals surface area contributed by atoms with E-state index in [1.807, 2.05) is 18.2 Å². The maximum Gasteiger partial charge on any atom is 0.308 e. The summed E-state index contributed by atoms with van der Waals surface area (Å²) in [6.45, 7) is 3.44. The van der Waals surface area contributed by atoms with Gasteiger partial charge in [-0.3, -0.25) is 9.59 Å². The Morgan fingerprint density at radius 1 is 1.18 bits per heavy atom. The molecule has 0 atom stereocenters. The third-order valence-electron chi connectivity index (χ3n) is 4.25. The smallest absolute Gasteiger partial charge is 0.308 e. The summed E-state index contributed by atoms with van der Waals surface area (Å²) < 4.78 is 7.07. The fourth-order valence-electron chi connectivity index (χ4n) is 2.84. The number of rotatable bonds is 4. The third-order valence-corrected chi connectivity index (χ3v) is 5.21. The molecular weight excluding hydrogens is 374 g/mol. The fourth-order valence-corrected chi connectivity index (χ4v) is 3.75. The van der Waals surface area contributed by atoms with E-state index in [0.29, 0.717) is 26.6 Å². The van der Waals surface area contributed by atoms with Gasteiger partial charge in [-0.05, 0) is 35.8 Å². The van der Waals surface area contributed by atoms with E-state index in [2.05, 4.69) is 29.1 Å². The summed E-state index contributed by atoms with van der Waals surface area (Å²) in [6, 6.07) is 15.1. The lowest BCUT2D eigenvalue weighted by atomic mass is 10.1. The van der Waals surface area contributed by atoms with Crippen molar-refractivity contribution in [1.29, 1.82) is 0 Å². The first kappa shape index (κ1) is 18.1. The molecule has 0 aliphatic rings. The first-order chi connectivity index (χ1) is 13.5. The third kappa shape index (κ3) is 3.44. The number of hydrogen-bond donors (Lipinski definition) is 0. The summed E-state index contributed by atoms with van der Waals surface area (Å²) in [6.07, 6.45) is 2.82. The van der Waals surface area contributed by atoms with Crippen LogP contribution in [0.3, 0.4) is 0 Å². The van der Waals surface area contributed by atoms with E-state index in [0.717, 1.165) is 12.0 Å². The van der Waals surface area contributed by atoms with Gasteiger partial charge in [-0.1, -0.05) is 54.7 Å². The van der Waals surface area contributed by atoms with Gasteiger partial charge in [-0.25, -0.2) is 0 Å². The van der Waals surface area contributed by atoms with E-state index in [-0.39, 0.29) is 5.56 Å². The SMILES string of the molecule is CCc1ccc(/C=c2\sc3nc(-c4ccccc4OC(C)=O)nn3c2=O)cc1. The standard InChI is InChI=1S/C21H17N3O3S/c1-3-14-8-10-15(11-9-14)12-18-20(26)24-21(28-18)22-19(23-24)16-6-4-5-7-17(16)27-13(2)25/h4-12H,3H2,1-2H3/b18-12-. The lowest BCUT2D eigenvalue weighted by Gasteiger charge is -2.04. The second-order valence-electron chi connectivity index (χ2n) is 6.23. The van der Waals surface area contributed by atoms with Gasteiger partial charge in [-0.15, -0.1) is 5.10 Å². The van der Waals surface area contributed by atoms with Gasteiger partial charge in [0.25, 0.3) is 5.56 Å². The van der Waals surface area contributed by atoms with E-state index >= 15 is 0 Å². The van der Waals surface area contributed by atoms with Gasteiger partial charge in [0.05, 0.1) is 10.1 Å². The van der Waals surface area contributed by atoms with Gasteiger partial charge in [0.2, 0.25) is 4.96 Å². The van der Waals surface area contributed by atoms with Crippen LogP contribution in [0.4, 0.5) is 0 Å². The van der Waals surface area contributed by atoms with Crippen LogP contribution in [0.1, 0.15) is 25.0 Å². The maximum absolute atomic E-state index is 12.7. The van der Waals surface area contributed by atoms with Crippen molar-refractivity contribution in [3.05, 3.63) is 74.5 Å². The molecule has 0 radical (unpaired) electrons. The van der Waals surface area contributed by atoms with Crippen molar-refractivity contribution in [2.75, 3.05) is 0 Å². The van der Waals surface area contributed by atoms with Gasteiger partial charge in [0, 0.05) is 6.92 Å². The Morgan fingerprint density at radius 3 is 2.61 bits per heavy atom. The van der Waals surface area contributed by atoms with Crippen LogP contribution in [0, 0.1) is 0 Å². The van der Waals surface area contributed by atoms with Crippen molar-refractivity contribution in [1.82, 2.24) is 14.6 Å². The highest BCUT2D eigenvalue weighted by Crippen LogP contribution is 2.27. The van der Waals surface area contributed by atoms with Crippen LogP contribution in [0.25, 0.3) is 22.4 Å². The van der Waals surface area contributed by atoms with Gasteiger partial charge in [0.15, 0.2) is 5.82 Å². The summed E-state index contributed by atoms with van der Waals surface area (Å²) in [5, 5.41) is 4.33. The van der Waals surface area contributed by atoms with E-state index in [1.54, 1.807) is 24.3 Å². The lowest BCUT2D eigenvalue weighted by Crippen LogP contribution is -2.23. The van der Waals surface area contributed by atoms with Crippen molar-refractivity contribution >= 4 is 28.3 Å². The van der Waals surface area contributed by atoms with E-state index < -0.39 is 5.97 Å². The predicted octanol–water partition coefficient (Wildman–Crippen LogP) is 2.85. The van der Waals surface area contributed by atoms with Crippen molar-refractivity contribution in [2.45, 2.75) is 20.3 Å². The maximum atomic E-state index is 12.7. The molecular formula is C21H17N3O3S. The number of aryl methyl sites for hydroxylation is 1. The van der Waals surface area contributed by atoms with Crippen LogP contribution in [0.15, 0.2) is 53.3 Å². The van der Waals surface area contributed by atoms with Gasteiger partial charge in [0.1, 0.15) is 5.75 Å². The van der Waals surface area contributed by atoms with Crippen LogP contribution in [0.5, 0.6) is 5.75 Å². The highest BCUT2D eigenvalue weighted by molar-refractivity contribution is 7.15. The normalized spacial score (nSPS) is 11.9. The molecule has 4 aromatic rings. The average Bonchev–Trinajstić information content (AvgIpc) is 3.22. The number of thiazole rings is 1. The van der Waals surface area contributed by atoms with E-state index in [1.165, 1.54) is 28.3 Å². The van der Waals surface area contributed by atoms with Gasteiger partial charge in [-0.2, -0.15) is 9.50 Å². The predicted molar refractivity (Wildman–Crippen MR) is 108 cm³/mol. The first-order valence-corrected chi connectivity index (χ1v) is 9.65. The summed E-state index contributed by atoms with van der Waals surface area (Å²) in [4.78, 5) is 29.0. The number of ether oxygens (including phenoxy) is 1. The van der Waals surface area contributed by atoms with E-state index in [4.69, 9.17) is 4.74 Å². The van der Waals surface area contributed by atoms with Crippen LogP contribution >= 0.6 is 11.3 Å². The zero-order valence-corrected chi connectivity index (χ0v) is 16.2. The van der Waals surface area contributed by atoms with Crippen molar-refractivity contribution < 1.29 is 9.53 Å². The Balaban J connectivity index is 1.76. The molecule has 0 N–H and O–H groups in total. The zero-order valence-electron chi connectivity index (χ0n) is 15.4. The molecule has 2 aromatic heterocycles. The molecule has 0 bridgehead atoms. The monoisotopic (exact) mass is 391 g/mol. The van der Waals surface area contributed by atoms with E-state index in [9.17, 15) is 9.59 Å². The molecule has 4 rings (SSSR count). The number of benzene rings is 2. The molecule has 140 valence electrons. The first-order valence-electron chi connectivity index (χ1n) is 8.83. The number of esters is 1. The molecule has 0 unspecified atom stereocenters. The number of carbonyl (C=O) groups excluding carboxylic acids is 1. The Labute approximate surface area is 164 Å². The molecule has 7 heteroatoms. The Hall–Kier alpha value is -3.32. The van der Waals surface area contributed by atoms with Crippen LogP contribution in [0.2, 0.25) is 0 Å². The summed E-state index contributed by atoms with van der Waals surface area (Å²) >= 11 is 1.28. The number of hydrogen-bond acceptors (Lipinski definition) is 6. The molecule has 0 fully saturated rings.